The fraction of sp³-hybridized carbons (Fsp3) is 0.333. The predicted molar refractivity (Wildman–Crippen MR) is 63.2 cm³/mol. The van der Waals surface area contributed by atoms with Gasteiger partial charge in [-0.3, -0.25) is 14.9 Å². The summed E-state index contributed by atoms with van der Waals surface area (Å²) in [6, 6.07) is 7.69. The van der Waals surface area contributed by atoms with Crippen molar-refractivity contribution < 1.29 is 14.7 Å². The zero-order chi connectivity index (χ0) is 12.8. The van der Waals surface area contributed by atoms with Gasteiger partial charge < -0.3 is 10.8 Å². The number of amides is 1. The largest absolute Gasteiger partial charge is 0.480 e. The summed E-state index contributed by atoms with van der Waals surface area (Å²) in [7, 11) is 0. The Morgan fingerprint density at radius 2 is 1.94 bits per heavy atom. The molecular formula is C12H16N2O3. The van der Waals surface area contributed by atoms with Gasteiger partial charge in [0.25, 0.3) is 0 Å². The Bertz CT molecular complexity index is 392. The zero-order valence-corrected chi connectivity index (χ0v) is 9.59. The monoisotopic (exact) mass is 236 g/mol. The molecule has 0 radical (unpaired) electrons. The highest BCUT2D eigenvalue weighted by Crippen LogP contribution is 2.14. The van der Waals surface area contributed by atoms with Gasteiger partial charge in [-0.2, -0.15) is 0 Å². The number of primary amides is 1. The molecule has 92 valence electrons. The molecule has 1 amide bonds. The molecule has 0 fully saturated rings. The number of nitrogens with two attached hydrogens (primary N) is 1. The second-order valence-corrected chi connectivity index (χ2v) is 3.92. The molecule has 0 aliphatic carbocycles. The molecule has 0 saturated carbocycles. The van der Waals surface area contributed by atoms with Crippen molar-refractivity contribution in [3.05, 3.63) is 35.9 Å². The summed E-state index contributed by atoms with van der Waals surface area (Å²) in [5.41, 5.74) is 5.71. The lowest BCUT2D eigenvalue weighted by atomic mass is 10.1. The SMILES string of the molecule is CC(CC(N)=O)NC(C(=O)O)c1ccccc1. The molecule has 0 aliphatic rings. The van der Waals surface area contributed by atoms with E-state index in [-0.39, 0.29) is 12.5 Å². The molecular weight excluding hydrogens is 220 g/mol. The Hall–Kier alpha value is -1.88. The normalized spacial score (nSPS) is 13.9. The minimum Gasteiger partial charge on any atom is -0.480 e. The molecule has 17 heavy (non-hydrogen) atoms. The van der Waals surface area contributed by atoms with E-state index in [1.54, 1.807) is 31.2 Å². The first kappa shape index (κ1) is 13.2. The molecule has 5 heteroatoms. The molecule has 0 saturated heterocycles. The van der Waals surface area contributed by atoms with E-state index in [0.29, 0.717) is 5.56 Å². The molecule has 1 rings (SSSR count). The molecule has 2 atom stereocenters. The topological polar surface area (TPSA) is 92.4 Å². The second-order valence-electron chi connectivity index (χ2n) is 3.92. The van der Waals surface area contributed by atoms with Crippen molar-refractivity contribution in [2.45, 2.75) is 25.4 Å². The molecule has 1 aromatic carbocycles. The summed E-state index contributed by atoms with van der Waals surface area (Å²) in [6.07, 6.45) is 0.108. The molecule has 1 aromatic rings. The van der Waals surface area contributed by atoms with E-state index < -0.39 is 17.9 Å². The van der Waals surface area contributed by atoms with Gasteiger partial charge in [-0.05, 0) is 12.5 Å². The highest BCUT2D eigenvalue weighted by molar-refractivity contribution is 5.76. The van der Waals surface area contributed by atoms with Crippen molar-refractivity contribution in [2.24, 2.45) is 5.73 Å². The van der Waals surface area contributed by atoms with E-state index in [4.69, 9.17) is 10.8 Å². The van der Waals surface area contributed by atoms with Gasteiger partial charge in [0.1, 0.15) is 6.04 Å². The maximum Gasteiger partial charge on any atom is 0.325 e. The fourth-order valence-electron chi connectivity index (χ4n) is 1.60. The van der Waals surface area contributed by atoms with Gasteiger partial charge >= 0.3 is 5.97 Å². The third-order valence-electron chi connectivity index (χ3n) is 2.34. The van der Waals surface area contributed by atoms with E-state index in [9.17, 15) is 9.59 Å². The van der Waals surface area contributed by atoms with Crippen LogP contribution < -0.4 is 11.1 Å². The van der Waals surface area contributed by atoms with Crippen LogP contribution in [0.5, 0.6) is 0 Å². The maximum absolute atomic E-state index is 11.1. The number of hydrogen-bond acceptors (Lipinski definition) is 3. The van der Waals surface area contributed by atoms with Crippen LogP contribution in [-0.4, -0.2) is 23.0 Å². The van der Waals surface area contributed by atoms with Crippen LogP contribution in [0.4, 0.5) is 0 Å². The van der Waals surface area contributed by atoms with Crippen LogP contribution in [0.1, 0.15) is 24.9 Å². The summed E-state index contributed by atoms with van der Waals surface area (Å²) >= 11 is 0. The lowest BCUT2D eigenvalue weighted by molar-refractivity contribution is -0.140. The maximum atomic E-state index is 11.1. The summed E-state index contributed by atoms with van der Waals surface area (Å²) in [6.45, 7) is 1.73. The molecule has 2 unspecified atom stereocenters. The molecule has 0 aromatic heterocycles. The third-order valence-corrected chi connectivity index (χ3v) is 2.34. The van der Waals surface area contributed by atoms with E-state index in [1.807, 2.05) is 6.07 Å². The van der Waals surface area contributed by atoms with Gasteiger partial charge in [0, 0.05) is 12.5 Å². The zero-order valence-electron chi connectivity index (χ0n) is 9.59. The van der Waals surface area contributed by atoms with Crippen molar-refractivity contribution in [1.82, 2.24) is 5.32 Å². The number of benzene rings is 1. The summed E-state index contributed by atoms with van der Waals surface area (Å²) in [5, 5.41) is 12.0. The first-order valence-corrected chi connectivity index (χ1v) is 5.33. The van der Waals surface area contributed by atoms with Gasteiger partial charge in [-0.1, -0.05) is 30.3 Å². The Kier molecular flexibility index (Phi) is 4.66. The Morgan fingerprint density at radius 1 is 1.35 bits per heavy atom. The molecule has 0 spiro atoms. The number of carbonyl (C=O) groups excluding carboxylic acids is 1. The van der Waals surface area contributed by atoms with Crippen LogP contribution in [0.3, 0.4) is 0 Å². The van der Waals surface area contributed by atoms with E-state index >= 15 is 0 Å². The standard InChI is InChI=1S/C12H16N2O3/c1-8(7-10(13)15)14-11(12(16)17)9-5-3-2-4-6-9/h2-6,8,11,14H,7H2,1H3,(H2,13,15)(H,16,17). The Labute approximate surface area is 99.6 Å². The van der Waals surface area contributed by atoms with Crippen molar-refractivity contribution in [2.75, 3.05) is 0 Å². The second kappa shape index (κ2) is 6.00. The molecule has 5 nitrogen and oxygen atoms in total. The third kappa shape index (κ3) is 4.24. The minimum atomic E-state index is -0.979. The number of nitrogens with one attached hydrogen (secondary N) is 1. The van der Waals surface area contributed by atoms with Gasteiger partial charge in [-0.25, -0.2) is 0 Å². The highest BCUT2D eigenvalue weighted by atomic mass is 16.4. The average Bonchev–Trinajstić information content (AvgIpc) is 2.25. The average molecular weight is 236 g/mol. The fourth-order valence-corrected chi connectivity index (χ4v) is 1.60. The van der Waals surface area contributed by atoms with Gasteiger partial charge in [0.15, 0.2) is 0 Å². The van der Waals surface area contributed by atoms with Crippen molar-refractivity contribution in [3.63, 3.8) is 0 Å². The summed E-state index contributed by atoms with van der Waals surface area (Å²) in [5.74, 6) is -1.44. The quantitative estimate of drug-likeness (QED) is 0.676. The van der Waals surface area contributed by atoms with Gasteiger partial charge in [0.2, 0.25) is 5.91 Å². The number of carbonyl (C=O) groups is 2. The lowest BCUT2D eigenvalue weighted by Crippen LogP contribution is -2.37. The van der Waals surface area contributed by atoms with E-state index in [2.05, 4.69) is 5.32 Å². The first-order valence-electron chi connectivity index (χ1n) is 5.33. The number of carboxylic acid groups (broad SMARTS) is 1. The van der Waals surface area contributed by atoms with E-state index in [0.717, 1.165) is 0 Å². The number of aliphatic carboxylic acids is 1. The molecule has 4 N–H and O–H groups in total. The smallest absolute Gasteiger partial charge is 0.325 e. The Balaban J connectivity index is 2.74. The van der Waals surface area contributed by atoms with Crippen molar-refractivity contribution >= 4 is 11.9 Å². The minimum absolute atomic E-state index is 0.108. The molecule has 0 heterocycles. The van der Waals surface area contributed by atoms with Crippen LogP contribution in [-0.2, 0) is 9.59 Å². The number of hydrogen-bond donors (Lipinski definition) is 3. The van der Waals surface area contributed by atoms with Gasteiger partial charge in [-0.15, -0.1) is 0 Å². The summed E-state index contributed by atoms with van der Waals surface area (Å²) < 4.78 is 0. The summed E-state index contributed by atoms with van der Waals surface area (Å²) in [4.78, 5) is 21.9. The first-order chi connectivity index (χ1) is 8.00. The van der Waals surface area contributed by atoms with Crippen LogP contribution >= 0.6 is 0 Å². The van der Waals surface area contributed by atoms with Crippen LogP contribution in [0.2, 0.25) is 0 Å². The number of carboxylic acids is 1. The molecule has 0 bridgehead atoms. The number of rotatable bonds is 6. The predicted octanol–water partition coefficient (Wildman–Crippen LogP) is 0.666. The van der Waals surface area contributed by atoms with Gasteiger partial charge in [0.05, 0.1) is 0 Å². The van der Waals surface area contributed by atoms with Crippen LogP contribution in [0.25, 0.3) is 0 Å². The Morgan fingerprint density at radius 3 is 2.41 bits per heavy atom. The van der Waals surface area contributed by atoms with Crippen LogP contribution in [0.15, 0.2) is 30.3 Å². The highest BCUT2D eigenvalue weighted by Gasteiger charge is 2.21. The van der Waals surface area contributed by atoms with Crippen molar-refractivity contribution in [3.8, 4) is 0 Å². The van der Waals surface area contributed by atoms with Crippen LogP contribution in [0, 0.1) is 0 Å². The van der Waals surface area contributed by atoms with E-state index in [1.165, 1.54) is 0 Å². The molecule has 0 aliphatic heterocycles. The van der Waals surface area contributed by atoms with Crippen molar-refractivity contribution in [1.29, 1.82) is 0 Å². The lowest BCUT2D eigenvalue weighted by Gasteiger charge is -2.19.